The maximum Gasteiger partial charge on any atom is 0.159 e. The van der Waals surface area contributed by atoms with Crippen LogP contribution in [0.4, 0.5) is 0 Å². The van der Waals surface area contributed by atoms with Crippen molar-refractivity contribution in [1.29, 1.82) is 0 Å². The van der Waals surface area contributed by atoms with Crippen molar-refractivity contribution in [2.45, 2.75) is 0 Å². The first-order chi connectivity index (χ1) is 28.3. The zero-order valence-corrected chi connectivity index (χ0v) is 30.9. The molecule has 0 bridgehead atoms. The van der Waals surface area contributed by atoms with Gasteiger partial charge in [0, 0.05) is 38.0 Å². The summed E-state index contributed by atoms with van der Waals surface area (Å²) in [5.74, 6) is 0. The monoisotopic (exact) mass is 726 g/mol. The summed E-state index contributed by atoms with van der Waals surface area (Å²) >= 11 is 0. The third-order valence-electron chi connectivity index (χ3n) is 11.7. The molecule has 12 aromatic rings. The van der Waals surface area contributed by atoms with Gasteiger partial charge in [-0.05, 0) is 88.0 Å². The topological polar surface area (TPSA) is 23.0 Å². The number of benzene rings is 9. The molecule has 3 heteroatoms. The van der Waals surface area contributed by atoms with Gasteiger partial charge in [-0.3, -0.25) is 0 Å². The van der Waals surface area contributed by atoms with Crippen molar-refractivity contribution >= 4 is 65.6 Å². The van der Waals surface area contributed by atoms with Crippen molar-refractivity contribution in [3.63, 3.8) is 0 Å². The zero-order chi connectivity index (χ0) is 37.5. The van der Waals surface area contributed by atoms with E-state index in [1.54, 1.807) is 0 Å². The van der Waals surface area contributed by atoms with Crippen LogP contribution in [-0.4, -0.2) is 9.13 Å². The lowest BCUT2D eigenvalue weighted by Crippen LogP contribution is -1.96. The molecule has 0 saturated heterocycles. The molecule has 0 atom stereocenters. The third kappa shape index (κ3) is 4.79. The minimum absolute atomic E-state index is 0.877. The molecular formula is C54H34N2O. The summed E-state index contributed by atoms with van der Waals surface area (Å²) in [5.41, 5.74) is 15.7. The van der Waals surface area contributed by atoms with Crippen LogP contribution < -0.4 is 0 Å². The highest BCUT2D eigenvalue weighted by molar-refractivity contribution is 6.23. The summed E-state index contributed by atoms with van der Waals surface area (Å²) in [4.78, 5) is 0. The van der Waals surface area contributed by atoms with Crippen molar-refractivity contribution < 1.29 is 4.42 Å². The van der Waals surface area contributed by atoms with Gasteiger partial charge in [0.15, 0.2) is 5.58 Å². The lowest BCUT2D eigenvalue weighted by Gasteiger charge is -2.13. The molecule has 12 rings (SSSR count). The molecule has 9 aromatic carbocycles. The van der Waals surface area contributed by atoms with Crippen LogP contribution in [0.1, 0.15) is 0 Å². The Balaban J connectivity index is 1.14. The maximum atomic E-state index is 6.81. The standard InChI is InChI=1S/C54H34N2O/c1-3-15-35(16-4-1)36-29-31-37(32-30-36)38-33-45-40-19-9-12-28-51(40)57-54(45)50(34-38)56-47-25-11-8-21-44(47)53-42(23-14-27-49(53)56)41-22-13-26-48-52(41)43-20-7-10-24-46(43)55(48)39-17-5-2-6-18-39/h1-34H. The number of nitrogens with zero attached hydrogens (tertiary/aromatic N) is 2. The average molecular weight is 727 g/mol. The Labute approximate surface area is 328 Å². The van der Waals surface area contributed by atoms with Crippen molar-refractivity contribution in [3.8, 4) is 44.8 Å². The van der Waals surface area contributed by atoms with Crippen LogP contribution in [0.3, 0.4) is 0 Å². The van der Waals surface area contributed by atoms with Crippen molar-refractivity contribution in [1.82, 2.24) is 9.13 Å². The number of para-hydroxylation sites is 4. The Kier molecular flexibility index (Phi) is 6.93. The first-order valence-electron chi connectivity index (χ1n) is 19.5. The van der Waals surface area contributed by atoms with Crippen LogP contribution >= 0.6 is 0 Å². The molecule has 0 aliphatic rings. The van der Waals surface area contributed by atoms with Gasteiger partial charge in [-0.15, -0.1) is 0 Å². The molecule has 3 aromatic heterocycles. The van der Waals surface area contributed by atoms with E-state index in [9.17, 15) is 0 Å². The number of fused-ring (bicyclic) bond motifs is 9. The molecule has 0 radical (unpaired) electrons. The normalized spacial score (nSPS) is 11.9. The van der Waals surface area contributed by atoms with Crippen molar-refractivity contribution in [2.24, 2.45) is 0 Å². The van der Waals surface area contributed by atoms with E-state index in [4.69, 9.17) is 4.42 Å². The molecule has 266 valence electrons. The number of hydrogen-bond acceptors (Lipinski definition) is 1. The summed E-state index contributed by atoms with van der Waals surface area (Å²) in [6.07, 6.45) is 0. The van der Waals surface area contributed by atoms with Crippen molar-refractivity contribution in [3.05, 3.63) is 206 Å². The molecule has 0 spiro atoms. The van der Waals surface area contributed by atoms with Gasteiger partial charge < -0.3 is 13.6 Å². The largest absolute Gasteiger partial charge is 0.454 e. The SMILES string of the molecule is c1ccc(-c2ccc(-c3cc(-n4c5ccccc5c5c(-c6cccc7c6c6ccccc6n7-c6ccccc6)cccc54)c4oc5ccccc5c4c3)cc2)cc1. The summed E-state index contributed by atoms with van der Waals surface area (Å²) in [5, 5.41) is 7.13. The van der Waals surface area contributed by atoms with E-state index < -0.39 is 0 Å². The summed E-state index contributed by atoms with van der Waals surface area (Å²) < 4.78 is 11.6. The lowest BCUT2D eigenvalue weighted by atomic mass is 9.95. The van der Waals surface area contributed by atoms with Crippen LogP contribution in [0.5, 0.6) is 0 Å². The fourth-order valence-electron chi connectivity index (χ4n) is 9.23. The molecule has 0 unspecified atom stereocenters. The minimum atomic E-state index is 0.877. The van der Waals surface area contributed by atoms with Crippen LogP contribution in [0, 0.1) is 0 Å². The second-order valence-corrected chi connectivity index (χ2v) is 14.9. The number of hydrogen-bond donors (Lipinski definition) is 0. The van der Waals surface area contributed by atoms with Gasteiger partial charge in [0.05, 0.1) is 27.8 Å². The highest BCUT2D eigenvalue weighted by Gasteiger charge is 2.23. The third-order valence-corrected chi connectivity index (χ3v) is 11.7. The van der Waals surface area contributed by atoms with Crippen molar-refractivity contribution in [2.75, 3.05) is 0 Å². The Hall–Kier alpha value is -7.62. The van der Waals surface area contributed by atoms with Gasteiger partial charge in [0.2, 0.25) is 0 Å². The van der Waals surface area contributed by atoms with E-state index in [2.05, 4.69) is 215 Å². The molecule has 0 fully saturated rings. The van der Waals surface area contributed by atoms with E-state index in [-0.39, 0.29) is 0 Å². The smallest absolute Gasteiger partial charge is 0.159 e. The number of aromatic nitrogens is 2. The van der Waals surface area contributed by atoms with E-state index in [0.717, 1.165) is 55.5 Å². The minimum Gasteiger partial charge on any atom is -0.454 e. The van der Waals surface area contributed by atoms with E-state index in [0.29, 0.717) is 0 Å². The summed E-state index contributed by atoms with van der Waals surface area (Å²) in [6, 6.07) is 74.3. The van der Waals surface area contributed by atoms with Crippen LogP contribution in [-0.2, 0) is 0 Å². The summed E-state index contributed by atoms with van der Waals surface area (Å²) in [7, 11) is 0. The van der Waals surface area contributed by atoms with Gasteiger partial charge in [0.1, 0.15) is 5.58 Å². The first-order valence-corrected chi connectivity index (χ1v) is 19.5. The molecule has 0 amide bonds. The molecule has 0 saturated carbocycles. The fraction of sp³-hybridized carbons (Fsp3) is 0. The summed E-state index contributed by atoms with van der Waals surface area (Å²) in [6.45, 7) is 0. The van der Waals surface area contributed by atoms with E-state index >= 15 is 0 Å². The zero-order valence-electron chi connectivity index (χ0n) is 30.9. The Morgan fingerprint density at radius 3 is 1.47 bits per heavy atom. The van der Waals surface area contributed by atoms with E-state index in [1.165, 1.54) is 54.8 Å². The predicted octanol–water partition coefficient (Wildman–Crippen LogP) is 14.8. The van der Waals surface area contributed by atoms with Crippen LogP contribution in [0.25, 0.3) is 110 Å². The van der Waals surface area contributed by atoms with Gasteiger partial charge in [-0.2, -0.15) is 0 Å². The molecular weight excluding hydrogens is 693 g/mol. The molecule has 3 nitrogen and oxygen atoms in total. The molecule has 57 heavy (non-hydrogen) atoms. The predicted molar refractivity (Wildman–Crippen MR) is 239 cm³/mol. The maximum absolute atomic E-state index is 6.81. The average Bonchev–Trinajstić information content (AvgIpc) is 3.95. The molecule has 0 aliphatic heterocycles. The van der Waals surface area contributed by atoms with Gasteiger partial charge >= 0.3 is 0 Å². The van der Waals surface area contributed by atoms with E-state index in [1.807, 2.05) is 0 Å². The highest BCUT2D eigenvalue weighted by atomic mass is 16.3. The number of furan rings is 1. The quantitative estimate of drug-likeness (QED) is 0.173. The second-order valence-electron chi connectivity index (χ2n) is 14.9. The first kappa shape index (κ1) is 31.7. The van der Waals surface area contributed by atoms with Gasteiger partial charge in [-0.1, -0.05) is 152 Å². The fourth-order valence-corrected chi connectivity index (χ4v) is 9.23. The molecule has 0 aliphatic carbocycles. The van der Waals surface area contributed by atoms with Gasteiger partial charge in [-0.25, -0.2) is 0 Å². The molecule has 3 heterocycles. The van der Waals surface area contributed by atoms with Gasteiger partial charge in [0.25, 0.3) is 0 Å². The van der Waals surface area contributed by atoms with Crippen LogP contribution in [0.15, 0.2) is 211 Å². The Bertz CT molecular complexity index is 3490. The Morgan fingerprint density at radius 2 is 0.807 bits per heavy atom. The number of rotatable bonds is 5. The van der Waals surface area contributed by atoms with Crippen LogP contribution in [0.2, 0.25) is 0 Å². The highest BCUT2D eigenvalue weighted by Crippen LogP contribution is 2.46. The Morgan fingerprint density at radius 1 is 0.316 bits per heavy atom. The molecule has 0 N–H and O–H groups in total. The lowest BCUT2D eigenvalue weighted by molar-refractivity contribution is 0.666. The second kappa shape index (κ2) is 12.5.